The minimum absolute atomic E-state index is 0.255. The summed E-state index contributed by atoms with van der Waals surface area (Å²) < 4.78 is 5.48. The number of rotatable bonds is 3. The van der Waals surface area contributed by atoms with Gasteiger partial charge in [0.2, 0.25) is 0 Å². The van der Waals surface area contributed by atoms with Crippen LogP contribution in [0.15, 0.2) is 11.6 Å². The van der Waals surface area contributed by atoms with Gasteiger partial charge in [0.15, 0.2) is 0 Å². The Morgan fingerprint density at radius 2 is 1.70 bits per heavy atom. The molecular weight excluding hydrogens is 124 g/mol. The Hall–Kier alpha value is -0.300. The molecule has 0 amide bonds. The van der Waals surface area contributed by atoms with Crippen LogP contribution in [0.4, 0.5) is 0 Å². The van der Waals surface area contributed by atoms with Gasteiger partial charge in [-0.25, -0.2) is 0 Å². The molecule has 0 N–H and O–H groups in total. The first-order valence-electron chi connectivity index (χ1n) is 3.83. The van der Waals surface area contributed by atoms with Crippen molar-refractivity contribution in [2.24, 2.45) is 0 Å². The van der Waals surface area contributed by atoms with E-state index in [4.69, 9.17) is 4.74 Å². The normalized spacial score (nSPS) is 13.4. The van der Waals surface area contributed by atoms with Gasteiger partial charge in [0.05, 0.1) is 12.2 Å². The van der Waals surface area contributed by atoms with Crippen LogP contribution in [0, 0.1) is 0 Å². The van der Waals surface area contributed by atoms with Gasteiger partial charge in [0.1, 0.15) is 0 Å². The summed E-state index contributed by atoms with van der Waals surface area (Å²) in [6, 6.07) is 0. The molecule has 0 aliphatic heterocycles. The molecular formula is C9H18O. The molecule has 60 valence electrons. The summed E-state index contributed by atoms with van der Waals surface area (Å²) in [6.45, 7) is 10.3. The molecule has 0 saturated carbocycles. The summed E-state index contributed by atoms with van der Waals surface area (Å²) in [6.07, 6.45) is 2.70. The molecule has 0 spiro atoms. The Bertz CT molecular complexity index is 110. The smallest absolute Gasteiger partial charge is 0.0733 e. The lowest BCUT2D eigenvalue weighted by Crippen LogP contribution is -2.11. The highest BCUT2D eigenvalue weighted by molar-refractivity contribution is 4.97. The average Bonchev–Trinajstić information content (AvgIpc) is 1.58. The highest BCUT2D eigenvalue weighted by atomic mass is 16.5. The molecule has 0 bridgehead atoms. The van der Waals surface area contributed by atoms with Gasteiger partial charge in [0, 0.05) is 0 Å². The lowest BCUT2D eigenvalue weighted by Gasteiger charge is -2.12. The maximum absolute atomic E-state index is 5.48. The zero-order valence-corrected chi connectivity index (χ0v) is 7.64. The van der Waals surface area contributed by atoms with E-state index < -0.39 is 0 Å². The van der Waals surface area contributed by atoms with Crippen LogP contribution < -0.4 is 0 Å². The molecule has 1 atom stereocenters. The van der Waals surface area contributed by atoms with Gasteiger partial charge in [-0.15, -0.1) is 0 Å². The fraction of sp³-hybridized carbons (Fsp3) is 0.778. The minimum atomic E-state index is 0.255. The van der Waals surface area contributed by atoms with E-state index in [1.54, 1.807) is 0 Å². The number of ether oxygens (including phenoxy) is 1. The third-order valence-corrected chi connectivity index (χ3v) is 1.05. The van der Waals surface area contributed by atoms with Crippen molar-refractivity contribution in [3.63, 3.8) is 0 Å². The second-order valence-electron chi connectivity index (χ2n) is 3.13. The van der Waals surface area contributed by atoms with Crippen LogP contribution in [0.3, 0.4) is 0 Å². The monoisotopic (exact) mass is 142 g/mol. The third-order valence-electron chi connectivity index (χ3n) is 1.05. The summed E-state index contributed by atoms with van der Waals surface area (Å²) in [5.41, 5.74) is 1.31. The van der Waals surface area contributed by atoms with E-state index in [0.29, 0.717) is 6.10 Å². The summed E-state index contributed by atoms with van der Waals surface area (Å²) in [5.74, 6) is 0. The van der Waals surface area contributed by atoms with E-state index in [2.05, 4.69) is 40.7 Å². The second-order valence-corrected chi connectivity index (χ2v) is 3.13. The molecule has 0 aliphatic carbocycles. The number of hydrogen-bond acceptors (Lipinski definition) is 1. The van der Waals surface area contributed by atoms with Crippen molar-refractivity contribution in [2.75, 3.05) is 0 Å². The SMILES string of the molecule is CC(C)=CC(C)OC(C)C. The van der Waals surface area contributed by atoms with Crippen molar-refractivity contribution in [3.05, 3.63) is 11.6 Å². The Balaban J connectivity index is 3.64. The Labute approximate surface area is 64.1 Å². The van der Waals surface area contributed by atoms with Crippen LogP contribution in [0.1, 0.15) is 34.6 Å². The molecule has 0 rings (SSSR count). The first kappa shape index (κ1) is 9.70. The molecule has 0 aromatic heterocycles. The fourth-order valence-corrected chi connectivity index (χ4v) is 0.938. The van der Waals surface area contributed by atoms with Gasteiger partial charge in [-0.05, 0) is 34.6 Å². The van der Waals surface area contributed by atoms with Crippen molar-refractivity contribution in [2.45, 2.75) is 46.8 Å². The largest absolute Gasteiger partial charge is 0.372 e. The Morgan fingerprint density at radius 3 is 2.00 bits per heavy atom. The van der Waals surface area contributed by atoms with Crippen molar-refractivity contribution in [1.82, 2.24) is 0 Å². The molecule has 0 aromatic carbocycles. The maximum atomic E-state index is 5.48. The van der Waals surface area contributed by atoms with Crippen LogP contribution in [0.2, 0.25) is 0 Å². The second kappa shape index (κ2) is 4.51. The molecule has 0 fully saturated rings. The predicted octanol–water partition coefficient (Wildman–Crippen LogP) is 2.77. The van der Waals surface area contributed by atoms with Gasteiger partial charge < -0.3 is 4.74 Å². The number of allylic oxidation sites excluding steroid dienone is 1. The van der Waals surface area contributed by atoms with Crippen LogP contribution in [0.25, 0.3) is 0 Å². The Kier molecular flexibility index (Phi) is 4.37. The van der Waals surface area contributed by atoms with Gasteiger partial charge in [-0.1, -0.05) is 11.6 Å². The summed E-state index contributed by atoms with van der Waals surface area (Å²) in [7, 11) is 0. The first-order chi connectivity index (χ1) is 4.52. The highest BCUT2D eigenvalue weighted by Gasteiger charge is 1.99. The van der Waals surface area contributed by atoms with Crippen molar-refractivity contribution < 1.29 is 4.74 Å². The van der Waals surface area contributed by atoms with E-state index in [1.807, 2.05) is 0 Å². The molecule has 0 aromatic rings. The quantitative estimate of drug-likeness (QED) is 0.550. The summed E-state index contributed by atoms with van der Waals surface area (Å²) in [4.78, 5) is 0. The number of hydrogen-bond donors (Lipinski definition) is 0. The molecule has 0 saturated heterocycles. The zero-order chi connectivity index (χ0) is 8.15. The summed E-state index contributed by atoms with van der Waals surface area (Å²) in [5, 5.41) is 0. The summed E-state index contributed by atoms with van der Waals surface area (Å²) >= 11 is 0. The molecule has 0 heterocycles. The van der Waals surface area contributed by atoms with Crippen molar-refractivity contribution >= 4 is 0 Å². The standard InChI is InChI=1S/C9H18O/c1-7(2)6-9(5)10-8(3)4/h6,8-9H,1-5H3. The van der Waals surface area contributed by atoms with Crippen LogP contribution in [-0.2, 0) is 4.74 Å². The molecule has 0 aliphatic rings. The van der Waals surface area contributed by atoms with E-state index in [0.717, 1.165) is 0 Å². The zero-order valence-electron chi connectivity index (χ0n) is 7.64. The van der Waals surface area contributed by atoms with E-state index >= 15 is 0 Å². The lowest BCUT2D eigenvalue weighted by molar-refractivity contribution is 0.0457. The molecule has 10 heavy (non-hydrogen) atoms. The topological polar surface area (TPSA) is 9.23 Å². The minimum Gasteiger partial charge on any atom is -0.372 e. The maximum Gasteiger partial charge on any atom is 0.0733 e. The van der Waals surface area contributed by atoms with Crippen LogP contribution in [0.5, 0.6) is 0 Å². The first-order valence-corrected chi connectivity index (χ1v) is 3.83. The fourth-order valence-electron chi connectivity index (χ4n) is 0.938. The van der Waals surface area contributed by atoms with Gasteiger partial charge in [-0.3, -0.25) is 0 Å². The van der Waals surface area contributed by atoms with E-state index in [9.17, 15) is 0 Å². The van der Waals surface area contributed by atoms with Crippen LogP contribution >= 0.6 is 0 Å². The lowest BCUT2D eigenvalue weighted by atomic mass is 10.2. The third kappa shape index (κ3) is 5.83. The van der Waals surface area contributed by atoms with Crippen LogP contribution in [-0.4, -0.2) is 12.2 Å². The molecule has 0 radical (unpaired) electrons. The average molecular weight is 142 g/mol. The molecule has 1 heteroatoms. The van der Waals surface area contributed by atoms with Crippen molar-refractivity contribution in [3.8, 4) is 0 Å². The van der Waals surface area contributed by atoms with E-state index in [-0.39, 0.29) is 6.10 Å². The predicted molar refractivity (Wildman–Crippen MR) is 45.1 cm³/mol. The molecule has 1 nitrogen and oxygen atoms in total. The molecule has 1 unspecified atom stereocenters. The van der Waals surface area contributed by atoms with Gasteiger partial charge in [0.25, 0.3) is 0 Å². The van der Waals surface area contributed by atoms with Gasteiger partial charge >= 0.3 is 0 Å². The van der Waals surface area contributed by atoms with Gasteiger partial charge in [-0.2, -0.15) is 0 Å². The highest BCUT2D eigenvalue weighted by Crippen LogP contribution is 2.01. The Morgan fingerprint density at radius 1 is 1.20 bits per heavy atom. The van der Waals surface area contributed by atoms with E-state index in [1.165, 1.54) is 5.57 Å². The van der Waals surface area contributed by atoms with Crippen molar-refractivity contribution in [1.29, 1.82) is 0 Å².